The highest BCUT2D eigenvalue weighted by molar-refractivity contribution is 5.90. The van der Waals surface area contributed by atoms with Gasteiger partial charge in [-0.2, -0.15) is 10.2 Å². The van der Waals surface area contributed by atoms with Gasteiger partial charge in [0.1, 0.15) is 0 Å². The van der Waals surface area contributed by atoms with Crippen molar-refractivity contribution in [3.63, 3.8) is 0 Å². The second kappa shape index (κ2) is 3.68. The predicted molar refractivity (Wildman–Crippen MR) is 75.5 cm³/mol. The SMILES string of the molecule is Cc1ccc2c(cnn2-c2cccc3[nH]ncc23)c1. The van der Waals surface area contributed by atoms with Crippen LogP contribution in [0.5, 0.6) is 0 Å². The van der Waals surface area contributed by atoms with E-state index in [2.05, 4.69) is 46.5 Å². The Labute approximate surface area is 109 Å². The third kappa shape index (κ3) is 1.46. The lowest BCUT2D eigenvalue weighted by Crippen LogP contribution is -1.96. The molecule has 0 aliphatic carbocycles. The largest absolute Gasteiger partial charge is 0.278 e. The molecule has 2 heterocycles. The number of aromatic nitrogens is 4. The minimum absolute atomic E-state index is 1.02. The van der Waals surface area contributed by atoms with Crippen molar-refractivity contribution in [3.05, 3.63) is 54.4 Å². The molecule has 0 saturated carbocycles. The van der Waals surface area contributed by atoms with Crippen molar-refractivity contribution in [2.24, 2.45) is 0 Å². The van der Waals surface area contributed by atoms with Gasteiger partial charge in [0.05, 0.1) is 29.1 Å². The van der Waals surface area contributed by atoms with Crippen molar-refractivity contribution in [2.75, 3.05) is 0 Å². The summed E-state index contributed by atoms with van der Waals surface area (Å²) in [6.45, 7) is 2.09. The fourth-order valence-electron chi connectivity index (χ4n) is 2.48. The maximum Gasteiger partial charge on any atom is 0.0762 e. The molecule has 0 unspecified atom stereocenters. The molecule has 92 valence electrons. The number of rotatable bonds is 1. The van der Waals surface area contributed by atoms with Crippen LogP contribution in [0.1, 0.15) is 5.56 Å². The van der Waals surface area contributed by atoms with Crippen molar-refractivity contribution < 1.29 is 0 Å². The molecule has 1 N–H and O–H groups in total. The van der Waals surface area contributed by atoms with E-state index in [0.29, 0.717) is 0 Å². The zero-order chi connectivity index (χ0) is 12.8. The Morgan fingerprint density at radius 3 is 3.00 bits per heavy atom. The molecular formula is C15H12N4. The summed E-state index contributed by atoms with van der Waals surface area (Å²) < 4.78 is 1.96. The van der Waals surface area contributed by atoms with Gasteiger partial charge >= 0.3 is 0 Å². The van der Waals surface area contributed by atoms with E-state index in [-0.39, 0.29) is 0 Å². The van der Waals surface area contributed by atoms with Crippen molar-refractivity contribution in [2.45, 2.75) is 6.92 Å². The number of nitrogens with one attached hydrogen (secondary N) is 1. The van der Waals surface area contributed by atoms with Gasteiger partial charge in [-0.25, -0.2) is 4.68 Å². The van der Waals surface area contributed by atoms with Crippen molar-refractivity contribution >= 4 is 21.8 Å². The minimum atomic E-state index is 1.02. The Kier molecular flexibility index (Phi) is 2.00. The number of benzene rings is 2. The zero-order valence-corrected chi connectivity index (χ0v) is 10.5. The Bertz CT molecular complexity index is 885. The van der Waals surface area contributed by atoms with Crippen LogP contribution in [0.2, 0.25) is 0 Å². The summed E-state index contributed by atoms with van der Waals surface area (Å²) in [5.41, 5.74) is 4.42. The van der Waals surface area contributed by atoms with E-state index in [1.54, 1.807) is 0 Å². The molecule has 0 amide bonds. The number of nitrogens with zero attached hydrogens (tertiary/aromatic N) is 3. The summed E-state index contributed by atoms with van der Waals surface area (Å²) in [6.07, 6.45) is 3.74. The summed E-state index contributed by atoms with van der Waals surface area (Å²) in [5.74, 6) is 0. The van der Waals surface area contributed by atoms with Gasteiger partial charge in [0, 0.05) is 10.8 Å². The van der Waals surface area contributed by atoms with Crippen LogP contribution in [-0.2, 0) is 0 Å². The monoisotopic (exact) mass is 248 g/mol. The zero-order valence-electron chi connectivity index (χ0n) is 10.5. The van der Waals surface area contributed by atoms with Crippen LogP contribution in [-0.4, -0.2) is 20.0 Å². The molecule has 0 aliphatic rings. The number of aromatic amines is 1. The predicted octanol–water partition coefficient (Wildman–Crippen LogP) is 3.21. The van der Waals surface area contributed by atoms with E-state index < -0.39 is 0 Å². The smallest absolute Gasteiger partial charge is 0.0762 e. The first-order valence-electron chi connectivity index (χ1n) is 6.20. The molecule has 0 atom stereocenters. The van der Waals surface area contributed by atoms with E-state index >= 15 is 0 Å². The number of fused-ring (bicyclic) bond motifs is 2. The quantitative estimate of drug-likeness (QED) is 0.562. The summed E-state index contributed by atoms with van der Waals surface area (Å²) >= 11 is 0. The molecule has 4 aromatic rings. The molecule has 0 spiro atoms. The summed E-state index contributed by atoms with van der Waals surface area (Å²) in [6, 6.07) is 12.4. The van der Waals surface area contributed by atoms with Crippen molar-refractivity contribution in [1.29, 1.82) is 0 Å². The second-order valence-electron chi connectivity index (χ2n) is 4.73. The summed E-state index contributed by atoms with van der Waals surface area (Å²) in [5, 5.41) is 13.8. The van der Waals surface area contributed by atoms with E-state index in [1.807, 2.05) is 29.2 Å². The van der Waals surface area contributed by atoms with Gasteiger partial charge in [-0.15, -0.1) is 0 Å². The van der Waals surface area contributed by atoms with Gasteiger partial charge in [0.2, 0.25) is 0 Å². The maximum atomic E-state index is 4.51. The Morgan fingerprint density at radius 1 is 1.11 bits per heavy atom. The molecule has 19 heavy (non-hydrogen) atoms. The molecule has 0 bridgehead atoms. The van der Waals surface area contributed by atoms with Crippen LogP contribution in [0, 0.1) is 6.92 Å². The van der Waals surface area contributed by atoms with Gasteiger partial charge in [-0.1, -0.05) is 17.7 Å². The molecule has 2 aromatic carbocycles. The summed E-state index contributed by atoms with van der Waals surface area (Å²) in [4.78, 5) is 0. The molecule has 0 fully saturated rings. The molecule has 4 heteroatoms. The standard InChI is InChI=1S/C15H12N4/c1-10-5-6-14-11(7-10)8-17-19(14)15-4-2-3-13-12(15)9-16-18-13/h2-9H,1H3,(H,16,18). The van der Waals surface area contributed by atoms with E-state index in [9.17, 15) is 0 Å². The van der Waals surface area contributed by atoms with Crippen LogP contribution in [0.15, 0.2) is 48.8 Å². The first-order chi connectivity index (χ1) is 9.33. The highest BCUT2D eigenvalue weighted by Gasteiger charge is 2.09. The Hall–Kier alpha value is -2.62. The van der Waals surface area contributed by atoms with Crippen LogP contribution in [0.3, 0.4) is 0 Å². The van der Waals surface area contributed by atoms with Gasteiger partial charge in [0.25, 0.3) is 0 Å². The molecule has 4 rings (SSSR count). The van der Waals surface area contributed by atoms with E-state index in [1.165, 1.54) is 5.56 Å². The highest BCUT2D eigenvalue weighted by atomic mass is 15.3. The topological polar surface area (TPSA) is 46.5 Å². The van der Waals surface area contributed by atoms with Crippen molar-refractivity contribution in [1.82, 2.24) is 20.0 Å². The first-order valence-corrected chi connectivity index (χ1v) is 6.20. The fraction of sp³-hybridized carbons (Fsp3) is 0.0667. The number of hydrogen-bond acceptors (Lipinski definition) is 2. The average Bonchev–Trinajstić information content (AvgIpc) is 3.03. The number of aryl methyl sites for hydroxylation is 1. The molecule has 2 aromatic heterocycles. The van der Waals surface area contributed by atoms with Crippen LogP contribution >= 0.6 is 0 Å². The maximum absolute atomic E-state index is 4.51. The van der Waals surface area contributed by atoms with Crippen LogP contribution in [0.4, 0.5) is 0 Å². The van der Waals surface area contributed by atoms with Gasteiger partial charge < -0.3 is 0 Å². The Balaban J connectivity index is 2.07. The lowest BCUT2D eigenvalue weighted by Gasteiger charge is -2.05. The van der Waals surface area contributed by atoms with Crippen LogP contribution < -0.4 is 0 Å². The molecule has 4 nitrogen and oxygen atoms in total. The molecular weight excluding hydrogens is 236 g/mol. The van der Waals surface area contributed by atoms with Gasteiger partial charge in [-0.05, 0) is 31.2 Å². The molecule has 0 saturated heterocycles. The second-order valence-corrected chi connectivity index (χ2v) is 4.73. The van der Waals surface area contributed by atoms with Crippen molar-refractivity contribution in [3.8, 4) is 5.69 Å². The van der Waals surface area contributed by atoms with Gasteiger partial charge in [-0.3, -0.25) is 5.10 Å². The number of H-pyrrole nitrogens is 1. The molecule has 0 aliphatic heterocycles. The Morgan fingerprint density at radius 2 is 2.05 bits per heavy atom. The third-order valence-electron chi connectivity index (χ3n) is 3.41. The highest BCUT2D eigenvalue weighted by Crippen LogP contribution is 2.24. The average molecular weight is 248 g/mol. The lowest BCUT2D eigenvalue weighted by molar-refractivity contribution is 0.918. The number of hydrogen-bond donors (Lipinski definition) is 1. The van der Waals surface area contributed by atoms with E-state index in [0.717, 1.165) is 27.5 Å². The van der Waals surface area contributed by atoms with Crippen LogP contribution in [0.25, 0.3) is 27.5 Å². The normalized spacial score (nSPS) is 11.4. The molecule has 0 radical (unpaired) electrons. The first kappa shape index (κ1) is 10.3. The third-order valence-corrected chi connectivity index (χ3v) is 3.41. The van der Waals surface area contributed by atoms with E-state index in [4.69, 9.17) is 0 Å². The van der Waals surface area contributed by atoms with Gasteiger partial charge in [0.15, 0.2) is 0 Å². The fourth-order valence-corrected chi connectivity index (χ4v) is 2.48. The lowest BCUT2D eigenvalue weighted by atomic mass is 10.2. The summed E-state index contributed by atoms with van der Waals surface area (Å²) in [7, 11) is 0. The minimum Gasteiger partial charge on any atom is -0.278 e.